The molecule has 0 spiro atoms. The molecule has 82 valence electrons. The number of halogens is 1. The number of benzene rings is 2. The Bertz CT molecular complexity index is 662. The van der Waals surface area contributed by atoms with E-state index in [2.05, 4.69) is 57.3 Å². The highest BCUT2D eigenvalue weighted by Crippen LogP contribution is 2.29. The van der Waals surface area contributed by atoms with Gasteiger partial charge in [0.05, 0.1) is 0 Å². The molecule has 0 bridgehead atoms. The molecule has 1 nitrogen and oxygen atoms in total. The van der Waals surface area contributed by atoms with Gasteiger partial charge in [0.25, 0.3) is 0 Å². The Kier molecular flexibility index (Phi) is 2.65. The second-order valence-electron chi connectivity index (χ2n) is 3.91. The Morgan fingerprint density at radius 1 is 0.882 bits per heavy atom. The minimum absolute atomic E-state index is 1.11. The number of rotatable bonds is 1. The maximum Gasteiger partial charge on any atom is 0.0273 e. The van der Waals surface area contributed by atoms with Crippen LogP contribution >= 0.6 is 15.9 Å². The average molecular weight is 284 g/mol. The lowest BCUT2D eigenvalue weighted by Crippen LogP contribution is -1.81. The van der Waals surface area contributed by atoms with Crippen molar-refractivity contribution in [1.82, 2.24) is 4.98 Å². The van der Waals surface area contributed by atoms with Crippen LogP contribution in [0.3, 0.4) is 0 Å². The third-order valence-corrected chi connectivity index (χ3v) is 3.33. The fourth-order valence-corrected chi connectivity index (χ4v) is 2.42. The molecule has 0 saturated heterocycles. The van der Waals surface area contributed by atoms with Crippen molar-refractivity contribution in [2.45, 2.75) is 0 Å². The van der Waals surface area contributed by atoms with Crippen LogP contribution in [0.15, 0.2) is 65.4 Å². The standard InChI is InChI=1S/C15H10BrN/c16-13-4-5-15-12(10-13)2-1-3-14(15)11-6-8-17-9-7-11/h1-10H. The molecule has 0 saturated carbocycles. The summed E-state index contributed by atoms with van der Waals surface area (Å²) in [5, 5.41) is 2.51. The monoisotopic (exact) mass is 283 g/mol. The van der Waals surface area contributed by atoms with Gasteiger partial charge in [-0.1, -0.05) is 40.2 Å². The molecule has 0 atom stereocenters. The fourth-order valence-electron chi connectivity index (χ4n) is 2.04. The molecule has 0 N–H and O–H groups in total. The molecule has 0 aliphatic heterocycles. The van der Waals surface area contributed by atoms with Gasteiger partial charge in [-0.25, -0.2) is 0 Å². The van der Waals surface area contributed by atoms with E-state index in [0.717, 1.165) is 4.47 Å². The van der Waals surface area contributed by atoms with Crippen molar-refractivity contribution in [3.05, 3.63) is 65.4 Å². The maximum atomic E-state index is 4.06. The van der Waals surface area contributed by atoms with Gasteiger partial charge in [0.2, 0.25) is 0 Å². The third-order valence-electron chi connectivity index (χ3n) is 2.83. The number of hydrogen-bond donors (Lipinski definition) is 0. The second-order valence-corrected chi connectivity index (χ2v) is 4.82. The molecule has 2 aromatic carbocycles. The molecule has 17 heavy (non-hydrogen) atoms. The Hall–Kier alpha value is -1.67. The quantitative estimate of drug-likeness (QED) is 0.633. The number of hydrogen-bond acceptors (Lipinski definition) is 1. The van der Waals surface area contributed by atoms with Crippen molar-refractivity contribution in [3.63, 3.8) is 0 Å². The number of pyridine rings is 1. The molecular formula is C15H10BrN. The summed E-state index contributed by atoms with van der Waals surface area (Å²) >= 11 is 3.50. The predicted molar refractivity (Wildman–Crippen MR) is 74.9 cm³/mol. The van der Waals surface area contributed by atoms with Gasteiger partial charge < -0.3 is 0 Å². The van der Waals surface area contributed by atoms with Gasteiger partial charge in [-0.05, 0) is 46.2 Å². The second kappa shape index (κ2) is 4.30. The van der Waals surface area contributed by atoms with Gasteiger partial charge in [-0.2, -0.15) is 0 Å². The van der Waals surface area contributed by atoms with E-state index < -0.39 is 0 Å². The van der Waals surface area contributed by atoms with Crippen LogP contribution in [0.1, 0.15) is 0 Å². The van der Waals surface area contributed by atoms with Gasteiger partial charge in [0.15, 0.2) is 0 Å². The summed E-state index contributed by atoms with van der Waals surface area (Å²) in [5.74, 6) is 0. The molecule has 0 fully saturated rings. The van der Waals surface area contributed by atoms with E-state index in [1.54, 1.807) is 0 Å². The average Bonchev–Trinajstić information content (AvgIpc) is 2.39. The molecule has 1 heterocycles. The van der Waals surface area contributed by atoms with E-state index in [4.69, 9.17) is 0 Å². The summed E-state index contributed by atoms with van der Waals surface area (Å²) < 4.78 is 1.11. The highest BCUT2D eigenvalue weighted by atomic mass is 79.9. The molecule has 0 radical (unpaired) electrons. The first-order valence-corrected chi connectivity index (χ1v) is 6.22. The van der Waals surface area contributed by atoms with Gasteiger partial charge in [-0.3, -0.25) is 4.98 Å². The van der Waals surface area contributed by atoms with E-state index in [0.29, 0.717) is 0 Å². The van der Waals surface area contributed by atoms with Crippen LogP contribution in [0.2, 0.25) is 0 Å². The summed E-state index contributed by atoms with van der Waals surface area (Å²) in [6, 6.07) is 16.8. The lowest BCUT2D eigenvalue weighted by atomic mass is 9.99. The largest absolute Gasteiger partial charge is 0.265 e. The first-order valence-electron chi connectivity index (χ1n) is 5.43. The predicted octanol–water partition coefficient (Wildman–Crippen LogP) is 4.66. The van der Waals surface area contributed by atoms with Crippen LogP contribution in [-0.2, 0) is 0 Å². The first kappa shape index (κ1) is 10.5. The van der Waals surface area contributed by atoms with E-state index >= 15 is 0 Å². The van der Waals surface area contributed by atoms with Gasteiger partial charge >= 0.3 is 0 Å². The Morgan fingerprint density at radius 3 is 2.53 bits per heavy atom. The van der Waals surface area contributed by atoms with Crippen molar-refractivity contribution in [2.75, 3.05) is 0 Å². The van der Waals surface area contributed by atoms with Crippen molar-refractivity contribution in [2.24, 2.45) is 0 Å². The molecule has 1 aromatic heterocycles. The lowest BCUT2D eigenvalue weighted by molar-refractivity contribution is 1.33. The molecule has 0 aliphatic carbocycles. The van der Waals surface area contributed by atoms with E-state index in [1.165, 1.54) is 21.9 Å². The molecule has 3 aromatic rings. The summed E-state index contributed by atoms with van der Waals surface area (Å²) in [4.78, 5) is 4.06. The molecule has 3 rings (SSSR count). The first-order chi connectivity index (χ1) is 8.34. The van der Waals surface area contributed by atoms with E-state index in [-0.39, 0.29) is 0 Å². The molecule has 2 heteroatoms. The highest BCUT2D eigenvalue weighted by molar-refractivity contribution is 9.10. The molecular weight excluding hydrogens is 274 g/mol. The minimum atomic E-state index is 1.11. The van der Waals surface area contributed by atoms with Crippen LogP contribution in [-0.4, -0.2) is 4.98 Å². The number of fused-ring (bicyclic) bond motifs is 1. The highest BCUT2D eigenvalue weighted by Gasteiger charge is 2.03. The normalized spacial score (nSPS) is 10.6. The van der Waals surface area contributed by atoms with Gasteiger partial charge in [0, 0.05) is 16.9 Å². The minimum Gasteiger partial charge on any atom is -0.265 e. The van der Waals surface area contributed by atoms with Crippen LogP contribution < -0.4 is 0 Å². The van der Waals surface area contributed by atoms with Crippen LogP contribution in [0.4, 0.5) is 0 Å². The van der Waals surface area contributed by atoms with Crippen molar-refractivity contribution >= 4 is 26.7 Å². The number of aromatic nitrogens is 1. The SMILES string of the molecule is Brc1ccc2c(-c3ccncc3)cccc2c1. The zero-order valence-corrected chi connectivity index (χ0v) is 10.7. The van der Waals surface area contributed by atoms with Crippen LogP contribution in [0.5, 0.6) is 0 Å². The zero-order valence-electron chi connectivity index (χ0n) is 9.10. The Labute approximate surface area is 108 Å². The summed E-state index contributed by atoms with van der Waals surface area (Å²) in [5.41, 5.74) is 2.45. The van der Waals surface area contributed by atoms with Crippen molar-refractivity contribution < 1.29 is 0 Å². The fraction of sp³-hybridized carbons (Fsp3) is 0. The van der Waals surface area contributed by atoms with Crippen molar-refractivity contribution in [1.29, 1.82) is 0 Å². The maximum absolute atomic E-state index is 4.06. The summed E-state index contributed by atoms with van der Waals surface area (Å²) in [6.45, 7) is 0. The summed E-state index contributed by atoms with van der Waals surface area (Å²) in [6.07, 6.45) is 3.65. The zero-order chi connectivity index (χ0) is 11.7. The lowest BCUT2D eigenvalue weighted by Gasteiger charge is -2.06. The van der Waals surface area contributed by atoms with Crippen LogP contribution in [0.25, 0.3) is 21.9 Å². The Balaban J connectivity index is 2.31. The number of nitrogens with zero attached hydrogens (tertiary/aromatic N) is 1. The van der Waals surface area contributed by atoms with Crippen molar-refractivity contribution in [3.8, 4) is 11.1 Å². The summed E-state index contributed by atoms with van der Waals surface area (Å²) in [7, 11) is 0. The van der Waals surface area contributed by atoms with Crippen LogP contribution in [0, 0.1) is 0 Å². The van der Waals surface area contributed by atoms with Gasteiger partial charge in [0.1, 0.15) is 0 Å². The van der Waals surface area contributed by atoms with E-state index in [9.17, 15) is 0 Å². The smallest absolute Gasteiger partial charge is 0.0273 e. The molecule has 0 aliphatic rings. The molecule has 0 amide bonds. The molecule has 0 unspecified atom stereocenters. The Morgan fingerprint density at radius 2 is 1.71 bits per heavy atom. The van der Waals surface area contributed by atoms with E-state index in [1.807, 2.05) is 24.5 Å². The van der Waals surface area contributed by atoms with Gasteiger partial charge in [-0.15, -0.1) is 0 Å². The third kappa shape index (κ3) is 1.96. The topological polar surface area (TPSA) is 12.9 Å².